The molecule has 0 amide bonds. The molecule has 0 aromatic rings. The minimum Gasteiger partial charge on any atom is -0.248 e. The van der Waals surface area contributed by atoms with E-state index in [-0.39, 0.29) is 13.2 Å². The van der Waals surface area contributed by atoms with Gasteiger partial charge in [0, 0.05) is 0 Å². The molecule has 0 bridgehead atoms. The van der Waals surface area contributed by atoms with Crippen molar-refractivity contribution in [2.75, 3.05) is 13.2 Å². The first-order valence-electron chi connectivity index (χ1n) is 9.16. The van der Waals surface area contributed by atoms with E-state index in [4.69, 9.17) is 8.37 Å². The highest BCUT2D eigenvalue weighted by Gasteiger charge is 2.10. The number of unbranched alkanes of at least 4 members (excludes halogenated alkanes) is 11. The fraction of sp³-hybridized carbons (Fsp3) is 1.00. The van der Waals surface area contributed by atoms with Crippen LogP contribution in [0.15, 0.2) is 0 Å². The summed E-state index contributed by atoms with van der Waals surface area (Å²) in [6.07, 6.45) is 14.6. The van der Waals surface area contributed by atoms with Crippen molar-refractivity contribution >= 4 is 10.4 Å². The van der Waals surface area contributed by atoms with Gasteiger partial charge in [-0.3, -0.25) is 0 Å². The van der Waals surface area contributed by atoms with Crippen molar-refractivity contribution in [3.63, 3.8) is 0 Å². The lowest BCUT2D eigenvalue weighted by Crippen LogP contribution is -2.12. The highest BCUT2D eigenvalue weighted by Crippen LogP contribution is 2.09. The van der Waals surface area contributed by atoms with Crippen molar-refractivity contribution in [3.8, 4) is 0 Å². The largest absolute Gasteiger partial charge is 0.399 e. The van der Waals surface area contributed by atoms with Crippen LogP contribution in [-0.4, -0.2) is 21.6 Å². The van der Waals surface area contributed by atoms with Crippen LogP contribution in [0.2, 0.25) is 0 Å². The molecule has 0 unspecified atom stereocenters. The zero-order chi connectivity index (χ0) is 16.5. The molecule has 0 aliphatic carbocycles. The highest BCUT2D eigenvalue weighted by atomic mass is 32.3. The van der Waals surface area contributed by atoms with Crippen molar-refractivity contribution in [1.82, 2.24) is 0 Å². The third-order valence-corrected chi connectivity index (χ3v) is 4.61. The summed E-state index contributed by atoms with van der Waals surface area (Å²) >= 11 is 0. The van der Waals surface area contributed by atoms with Crippen molar-refractivity contribution in [2.45, 2.75) is 97.3 Å². The lowest BCUT2D eigenvalue weighted by Gasteiger charge is -2.06. The average Bonchev–Trinajstić information content (AvgIpc) is 2.49. The van der Waals surface area contributed by atoms with E-state index in [0.717, 1.165) is 38.5 Å². The molecule has 0 atom stereocenters. The second-order valence-electron chi connectivity index (χ2n) is 5.94. The van der Waals surface area contributed by atoms with Crippen LogP contribution in [0.3, 0.4) is 0 Å². The molecule has 0 saturated carbocycles. The normalized spacial score (nSPS) is 11.9. The van der Waals surface area contributed by atoms with E-state index >= 15 is 0 Å². The SMILES string of the molecule is CCCCCCCCCOS(=O)(=O)OCCCCCCCC. The number of hydrogen-bond acceptors (Lipinski definition) is 4. The maximum Gasteiger partial charge on any atom is 0.399 e. The first kappa shape index (κ1) is 21.9. The maximum absolute atomic E-state index is 11.5. The van der Waals surface area contributed by atoms with Gasteiger partial charge in [0.15, 0.2) is 0 Å². The summed E-state index contributed by atoms with van der Waals surface area (Å²) in [5, 5.41) is 0. The van der Waals surface area contributed by atoms with Crippen LogP contribution in [0.5, 0.6) is 0 Å². The van der Waals surface area contributed by atoms with E-state index in [0.29, 0.717) is 0 Å². The van der Waals surface area contributed by atoms with Crippen molar-refractivity contribution in [3.05, 3.63) is 0 Å². The lowest BCUT2D eigenvalue weighted by atomic mass is 10.1. The van der Waals surface area contributed by atoms with Crippen molar-refractivity contribution in [2.24, 2.45) is 0 Å². The van der Waals surface area contributed by atoms with Crippen LogP contribution >= 0.6 is 0 Å². The molecule has 0 aromatic carbocycles. The van der Waals surface area contributed by atoms with E-state index in [2.05, 4.69) is 13.8 Å². The molecule has 0 rings (SSSR count). The zero-order valence-electron chi connectivity index (χ0n) is 14.6. The number of rotatable bonds is 17. The summed E-state index contributed by atoms with van der Waals surface area (Å²) in [7, 11) is -3.78. The monoisotopic (exact) mass is 336 g/mol. The molecule has 22 heavy (non-hydrogen) atoms. The molecule has 0 fully saturated rings. The quantitative estimate of drug-likeness (QED) is 0.335. The Morgan fingerprint density at radius 3 is 1.23 bits per heavy atom. The molecular weight excluding hydrogens is 300 g/mol. The molecule has 0 aromatic heterocycles. The van der Waals surface area contributed by atoms with E-state index in [1.165, 1.54) is 44.9 Å². The summed E-state index contributed by atoms with van der Waals surface area (Å²) in [6.45, 7) is 4.86. The smallest absolute Gasteiger partial charge is 0.248 e. The van der Waals surface area contributed by atoms with Crippen LogP contribution in [-0.2, 0) is 18.8 Å². The van der Waals surface area contributed by atoms with Gasteiger partial charge in [-0.2, -0.15) is 8.42 Å². The van der Waals surface area contributed by atoms with E-state index < -0.39 is 10.4 Å². The second kappa shape index (κ2) is 15.8. The van der Waals surface area contributed by atoms with Gasteiger partial charge in [0.25, 0.3) is 0 Å². The summed E-state index contributed by atoms with van der Waals surface area (Å²) in [6, 6.07) is 0. The minimum absolute atomic E-state index is 0.242. The molecule has 4 nitrogen and oxygen atoms in total. The molecule has 0 aliphatic rings. The average molecular weight is 337 g/mol. The van der Waals surface area contributed by atoms with Gasteiger partial charge in [-0.25, -0.2) is 8.37 Å². The highest BCUT2D eigenvalue weighted by molar-refractivity contribution is 7.81. The van der Waals surface area contributed by atoms with E-state index in [9.17, 15) is 8.42 Å². The Kier molecular flexibility index (Phi) is 15.7. The minimum atomic E-state index is -3.78. The Bertz CT molecular complexity index is 315. The van der Waals surface area contributed by atoms with Crippen LogP contribution in [0.1, 0.15) is 97.3 Å². The third-order valence-electron chi connectivity index (χ3n) is 3.70. The number of hydrogen-bond donors (Lipinski definition) is 0. The summed E-state index contributed by atoms with van der Waals surface area (Å²) in [5.74, 6) is 0. The van der Waals surface area contributed by atoms with Gasteiger partial charge in [-0.1, -0.05) is 84.5 Å². The summed E-state index contributed by atoms with van der Waals surface area (Å²) in [5.41, 5.74) is 0. The van der Waals surface area contributed by atoms with Gasteiger partial charge in [-0.15, -0.1) is 0 Å². The Morgan fingerprint density at radius 1 is 0.545 bits per heavy atom. The molecule has 0 spiro atoms. The molecule has 5 heteroatoms. The maximum atomic E-state index is 11.5. The van der Waals surface area contributed by atoms with Crippen LogP contribution in [0.4, 0.5) is 0 Å². The van der Waals surface area contributed by atoms with Gasteiger partial charge in [0.05, 0.1) is 13.2 Å². The summed E-state index contributed by atoms with van der Waals surface area (Å²) < 4.78 is 32.7. The fourth-order valence-electron chi connectivity index (χ4n) is 2.30. The van der Waals surface area contributed by atoms with Crippen LogP contribution < -0.4 is 0 Å². The Hall–Kier alpha value is -0.130. The molecule has 0 N–H and O–H groups in total. The predicted octanol–water partition coefficient (Wildman–Crippen LogP) is 5.38. The van der Waals surface area contributed by atoms with Crippen molar-refractivity contribution < 1.29 is 16.8 Å². The van der Waals surface area contributed by atoms with Gasteiger partial charge in [0.1, 0.15) is 0 Å². The van der Waals surface area contributed by atoms with Gasteiger partial charge >= 0.3 is 10.4 Å². The first-order valence-corrected chi connectivity index (χ1v) is 10.5. The van der Waals surface area contributed by atoms with Gasteiger partial charge < -0.3 is 0 Å². The predicted molar refractivity (Wildman–Crippen MR) is 92.2 cm³/mol. The van der Waals surface area contributed by atoms with Gasteiger partial charge in [0.2, 0.25) is 0 Å². The Balaban J connectivity index is 3.38. The third kappa shape index (κ3) is 16.2. The topological polar surface area (TPSA) is 52.6 Å². The Morgan fingerprint density at radius 2 is 0.864 bits per heavy atom. The second-order valence-corrected chi connectivity index (χ2v) is 7.23. The van der Waals surface area contributed by atoms with Gasteiger partial charge in [-0.05, 0) is 12.8 Å². The Labute approximate surface area is 138 Å². The zero-order valence-corrected chi connectivity index (χ0v) is 15.5. The van der Waals surface area contributed by atoms with E-state index in [1.807, 2.05) is 0 Å². The molecule has 0 saturated heterocycles. The van der Waals surface area contributed by atoms with E-state index in [1.54, 1.807) is 0 Å². The molecule has 0 aliphatic heterocycles. The standard InChI is InChI=1S/C17H36O4S/c1-3-5-7-9-11-13-15-17-21-22(18,19)20-16-14-12-10-8-6-4-2/h3-17H2,1-2H3. The fourth-order valence-corrected chi connectivity index (χ4v) is 3.01. The molecule has 0 radical (unpaired) electrons. The summed E-state index contributed by atoms with van der Waals surface area (Å²) in [4.78, 5) is 0. The van der Waals surface area contributed by atoms with Crippen LogP contribution in [0.25, 0.3) is 0 Å². The van der Waals surface area contributed by atoms with Crippen LogP contribution in [0, 0.1) is 0 Å². The molecule has 134 valence electrons. The molecular formula is C17H36O4S. The van der Waals surface area contributed by atoms with Crippen molar-refractivity contribution in [1.29, 1.82) is 0 Å². The first-order chi connectivity index (χ1) is 10.6. The lowest BCUT2D eigenvalue weighted by molar-refractivity contribution is 0.208. The molecule has 0 heterocycles.